The van der Waals surface area contributed by atoms with Gasteiger partial charge in [-0.15, -0.1) is 15.3 Å². The van der Waals surface area contributed by atoms with Crippen molar-refractivity contribution in [2.24, 2.45) is 15.6 Å². The first-order valence-corrected chi connectivity index (χ1v) is 34.2. The van der Waals surface area contributed by atoms with Crippen LogP contribution in [0.3, 0.4) is 0 Å². The summed E-state index contributed by atoms with van der Waals surface area (Å²) in [5.41, 5.74) is 1.45. The van der Waals surface area contributed by atoms with Crippen LogP contribution >= 0.6 is 0 Å². The van der Waals surface area contributed by atoms with E-state index in [1.165, 1.54) is 99.5 Å². The number of aromatic nitrogens is 4. The highest BCUT2D eigenvalue weighted by Crippen LogP contribution is 2.45. The van der Waals surface area contributed by atoms with E-state index in [-0.39, 0.29) is 50.1 Å². The monoisotopic (exact) mass is 1220 g/mol. The Morgan fingerprint density at radius 3 is 1.90 bits per heavy atom. The van der Waals surface area contributed by atoms with Gasteiger partial charge in [-0.05, 0) is 90.4 Å². The average Bonchev–Trinajstić information content (AvgIpc) is 2.07. The fraction of sp³-hybridized carbons (Fsp3) is 0.541. The van der Waals surface area contributed by atoms with Crippen LogP contribution < -0.4 is 23.8 Å². The Morgan fingerprint density at radius 1 is 0.714 bits per heavy atom. The summed E-state index contributed by atoms with van der Waals surface area (Å²) in [6.07, 6.45) is 18.9. The quantitative estimate of drug-likeness (QED) is 0.0160. The molecule has 0 spiro atoms. The number of phenolic OH excluding ortho intramolecular Hbond substituents is 1. The van der Waals surface area contributed by atoms with Gasteiger partial charge in [0.2, 0.25) is 15.7 Å². The van der Waals surface area contributed by atoms with Crippen LogP contribution in [-0.4, -0.2) is 89.3 Å². The second-order valence-corrected chi connectivity index (χ2v) is 30.0. The van der Waals surface area contributed by atoms with Crippen LogP contribution in [0.25, 0.3) is 17.0 Å². The summed E-state index contributed by atoms with van der Waals surface area (Å²) in [4.78, 5) is 5.74. The molecule has 4 aromatic carbocycles. The zero-order valence-electron chi connectivity index (χ0n) is 50.6. The zero-order valence-corrected chi connectivity index (χ0v) is 53.0. The minimum atomic E-state index is -4.59. The molecule has 1 saturated heterocycles. The fourth-order valence-corrected chi connectivity index (χ4v) is 13.7. The van der Waals surface area contributed by atoms with Gasteiger partial charge in [-0.2, -0.15) is 4.63 Å². The van der Waals surface area contributed by atoms with Crippen molar-refractivity contribution in [2.75, 3.05) is 58.2 Å². The van der Waals surface area contributed by atoms with Crippen molar-refractivity contribution in [1.82, 2.24) is 19.8 Å². The molecule has 0 atom stereocenters. The van der Waals surface area contributed by atoms with Crippen molar-refractivity contribution < 1.29 is 44.2 Å². The summed E-state index contributed by atoms with van der Waals surface area (Å²) in [6.45, 7) is 20.4. The molecule has 1 aliphatic heterocycles. The number of hydrogen-bond donors (Lipinski definition) is 5. The molecule has 1 aliphatic rings. The van der Waals surface area contributed by atoms with E-state index in [1.807, 2.05) is 25.7 Å². The molecule has 7 rings (SSSR count). The van der Waals surface area contributed by atoms with Gasteiger partial charge in [0.25, 0.3) is 20.0 Å². The molecule has 84 heavy (non-hydrogen) atoms. The first kappa shape index (κ1) is 65.2. The van der Waals surface area contributed by atoms with Gasteiger partial charge < -0.3 is 19.5 Å². The standard InChI is InChI=1S/C61H87FN10O9S3/c1-11-12-13-14-15-16-17-18-19-20-21-22-23-24-35-81-53-41-50(52(73)40-47(53)61(8,9)42-59(2,3)4)70-84(78,79)54-38-45(29-32-51(54)71-33-36-80-37-34-71)69-83(76,77)46-30-31-49(48(62)39-46)64-65-55-56(60(5,6)7)66-72-58(55)63-57(67-72)43-25-27-44(28-26-43)68-82(10,74)75/h25-32,38-41,66,68-70,73H,11-24,33-37,42H2,1-10H3. The number of rotatable bonds is 30. The van der Waals surface area contributed by atoms with Gasteiger partial charge in [-0.1, -0.05) is 146 Å². The predicted molar refractivity (Wildman–Crippen MR) is 333 cm³/mol. The molecule has 19 nitrogen and oxygen atoms in total. The number of phenols is 1. The van der Waals surface area contributed by atoms with E-state index in [4.69, 9.17) is 9.47 Å². The molecule has 0 radical (unpaired) electrons. The maximum absolute atomic E-state index is 16.0. The molecular weight excluding hydrogens is 1130 g/mol. The van der Waals surface area contributed by atoms with Gasteiger partial charge in [0.1, 0.15) is 22.1 Å². The van der Waals surface area contributed by atoms with Crippen LogP contribution in [0.1, 0.15) is 170 Å². The van der Waals surface area contributed by atoms with Crippen LogP contribution in [0.5, 0.6) is 11.5 Å². The normalized spacial score (nSPS) is 14.0. The number of benzene rings is 4. The topological polar surface area (TPSA) is 251 Å². The van der Waals surface area contributed by atoms with Crippen LogP contribution in [0.2, 0.25) is 0 Å². The summed E-state index contributed by atoms with van der Waals surface area (Å²) in [5.74, 6) is -0.568. The van der Waals surface area contributed by atoms with E-state index >= 15 is 4.39 Å². The van der Waals surface area contributed by atoms with Crippen molar-refractivity contribution >= 4 is 69.8 Å². The zero-order chi connectivity index (χ0) is 61.1. The van der Waals surface area contributed by atoms with Crippen LogP contribution in [0, 0.1) is 11.2 Å². The third-order valence-electron chi connectivity index (χ3n) is 14.6. The molecule has 3 heterocycles. The summed E-state index contributed by atoms with van der Waals surface area (Å²) in [5, 5.41) is 28.0. The number of halogens is 1. The van der Waals surface area contributed by atoms with E-state index < -0.39 is 51.6 Å². The maximum atomic E-state index is 16.0. The lowest BCUT2D eigenvalue weighted by molar-refractivity contribution is 0.122. The summed E-state index contributed by atoms with van der Waals surface area (Å²) in [6, 6.07) is 16.8. The number of hydrogen-bond acceptors (Lipinski definition) is 14. The number of nitrogens with zero attached hydrogens (tertiary/aromatic N) is 6. The highest BCUT2D eigenvalue weighted by molar-refractivity contribution is 7.93. The Morgan fingerprint density at radius 2 is 1.32 bits per heavy atom. The molecular formula is C61H87FN10O9S3. The third-order valence-corrected chi connectivity index (χ3v) is 18.0. The Kier molecular flexibility index (Phi) is 21.6. The van der Waals surface area contributed by atoms with E-state index in [1.54, 1.807) is 30.3 Å². The van der Waals surface area contributed by atoms with Gasteiger partial charge in [0.15, 0.2) is 17.3 Å². The highest BCUT2D eigenvalue weighted by atomic mass is 32.2. The van der Waals surface area contributed by atoms with Crippen molar-refractivity contribution in [1.29, 1.82) is 0 Å². The van der Waals surface area contributed by atoms with Crippen molar-refractivity contribution in [3.05, 3.63) is 89.9 Å². The predicted octanol–water partition coefficient (Wildman–Crippen LogP) is 14.7. The fourth-order valence-electron chi connectivity index (χ4n) is 10.8. The molecule has 0 saturated carbocycles. The molecule has 23 heteroatoms. The molecule has 460 valence electrons. The van der Waals surface area contributed by atoms with Crippen LogP contribution in [0.4, 0.5) is 38.5 Å². The highest BCUT2D eigenvalue weighted by Gasteiger charge is 2.33. The lowest BCUT2D eigenvalue weighted by atomic mass is 9.72. The number of ether oxygens (including phenoxy) is 2. The molecule has 0 unspecified atom stereocenters. The average molecular weight is 1220 g/mol. The summed E-state index contributed by atoms with van der Waals surface area (Å²) < 4.78 is 118. The van der Waals surface area contributed by atoms with E-state index in [0.717, 1.165) is 55.7 Å². The molecule has 1 fully saturated rings. The second-order valence-electron chi connectivity index (χ2n) is 24.9. The first-order valence-electron chi connectivity index (χ1n) is 29.3. The van der Waals surface area contributed by atoms with Gasteiger partial charge >= 0.3 is 0 Å². The number of H-pyrrole nitrogens is 1. The lowest BCUT2D eigenvalue weighted by Gasteiger charge is -2.34. The molecule has 6 aromatic rings. The number of fused-ring (bicyclic) bond motifs is 1. The number of unbranched alkanes of at least 4 members (excludes halogenated alkanes) is 13. The SMILES string of the molecule is CCCCCCCCCCCCCCCCOc1cc(NS(=O)(=O)c2cc(NS(=O)(=O)c3ccc(N=Nc4c(C(C)(C)C)[nH]n5nc(-c6ccc(NS(C)(=O)=O)cc6)nc45)c(F)c3)ccc2N2CCOCC2)c(O)cc1C(C)(C)CC(C)(C)C. The Bertz CT molecular complexity index is 3570. The largest absolute Gasteiger partial charge is 0.506 e. The van der Waals surface area contributed by atoms with Crippen molar-refractivity contribution in [2.45, 2.75) is 179 Å². The molecule has 0 bridgehead atoms. The number of morpholine rings is 1. The summed E-state index contributed by atoms with van der Waals surface area (Å²) in [7, 11) is -12.6. The number of aromatic hydroxyl groups is 1. The summed E-state index contributed by atoms with van der Waals surface area (Å²) >= 11 is 0. The second kappa shape index (κ2) is 27.8. The van der Waals surface area contributed by atoms with Crippen molar-refractivity contribution in [3.8, 4) is 22.9 Å². The van der Waals surface area contributed by atoms with Gasteiger partial charge in [0.05, 0.1) is 53.7 Å². The number of sulfonamides is 3. The molecule has 0 aliphatic carbocycles. The van der Waals surface area contributed by atoms with Crippen LogP contribution in [0.15, 0.2) is 92.8 Å². The maximum Gasteiger partial charge on any atom is 0.264 e. The minimum Gasteiger partial charge on any atom is -0.506 e. The Balaban J connectivity index is 1.09. The molecule has 2 aromatic heterocycles. The Labute approximate surface area is 497 Å². The Hall–Kier alpha value is -6.30. The van der Waals surface area contributed by atoms with E-state index in [0.29, 0.717) is 61.4 Å². The molecule has 5 N–H and O–H groups in total. The third kappa shape index (κ3) is 18.1. The smallest absolute Gasteiger partial charge is 0.264 e. The van der Waals surface area contributed by atoms with Gasteiger partial charge in [-0.3, -0.25) is 19.3 Å². The molecule has 0 amide bonds. The van der Waals surface area contributed by atoms with Crippen LogP contribution in [-0.2, 0) is 45.6 Å². The van der Waals surface area contributed by atoms with E-state index in [9.17, 15) is 30.4 Å². The van der Waals surface area contributed by atoms with Gasteiger partial charge in [-0.25, -0.2) is 34.6 Å². The minimum absolute atomic E-state index is 0.0843. The lowest BCUT2D eigenvalue weighted by Crippen LogP contribution is -2.37. The number of aromatic amines is 1. The van der Waals surface area contributed by atoms with E-state index in [2.05, 4.69) is 81.1 Å². The first-order chi connectivity index (χ1) is 39.5. The number of anilines is 4. The number of azo groups is 1. The number of nitrogens with one attached hydrogen (secondary N) is 4. The van der Waals surface area contributed by atoms with Gasteiger partial charge in [0, 0.05) is 41.4 Å². The van der Waals surface area contributed by atoms with Crippen molar-refractivity contribution in [3.63, 3.8) is 0 Å².